The molecule has 2 N–H and O–H groups in total. The van der Waals surface area contributed by atoms with Crippen molar-refractivity contribution < 1.29 is 23.1 Å². The summed E-state index contributed by atoms with van der Waals surface area (Å²) in [4.78, 5) is 28.3. The lowest BCUT2D eigenvalue weighted by molar-refractivity contribution is 0.0527. The largest absolute Gasteiger partial charge is 0.462 e. The van der Waals surface area contributed by atoms with Gasteiger partial charge in [-0.3, -0.25) is 4.79 Å². The smallest absolute Gasteiger partial charge is 0.340 e. The minimum absolute atomic E-state index is 0.0824. The molecule has 0 saturated carbocycles. The molecule has 0 aliphatic rings. The summed E-state index contributed by atoms with van der Waals surface area (Å²) < 4.78 is 31.2. The maximum Gasteiger partial charge on any atom is 0.340 e. The first-order valence-electron chi connectivity index (χ1n) is 8.73. The zero-order chi connectivity index (χ0) is 20.8. The standard InChI is InChI=1S/C21H17F2N3O3/c1-2-29-21(28)15-5-3-4-6-18(15)25-14-8-10-19(24-12-14)20(27)26-13-7-9-16(22)17(23)11-13/h3-12,25H,2H2,1H3,(H,26,27). The van der Waals surface area contributed by atoms with Crippen LogP contribution in [0.15, 0.2) is 60.8 Å². The fourth-order valence-corrected chi connectivity index (χ4v) is 2.51. The Balaban J connectivity index is 1.71. The van der Waals surface area contributed by atoms with E-state index in [-0.39, 0.29) is 18.0 Å². The minimum atomic E-state index is -1.06. The van der Waals surface area contributed by atoms with Crippen LogP contribution in [0.3, 0.4) is 0 Å². The Labute approximate surface area is 165 Å². The van der Waals surface area contributed by atoms with Crippen molar-refractivity contribution in [2.75, 3.05) is 17.2 Å². The van der Waals surface area contributed by atoms with Crippen molar-refractivity contribution in [2.24, 2.45) is 0 Å². The summed E-state index contributed by atoms with van der Waals surface area (Å²) in [6.45, 7) is 1.98. The number of anilines is 3. The van der Waals surface area contributed by atoms with Crippen LogP contribution in [0.4, 0.5) is 25.8 Å². The highest BCUT2D eigenvalue weighted by molar-refractivity contribution is 6.03. The van der Waals surface area contributed by atoms with Crippen LogP contribution in [-0.4, -0.2) is 23.5 Å². The number of hydrogen-bond acceptors (Lipinski definition) is 5. The SMILES string of the molecule is CCOC(=O)c1ccccc1Nc1ccc(C(=O)Nc2ccc(F)c(F)c2)nc1. The van der Waals surface area contributed by atoms with E-state index in [0.29, 0.717) is 16.9 Å². The van der Waals surface area contributed by atoms with Crippen molar-refractivity contribution in [1.29, 1.82) is 0 Å². The molecular formula is C21H17F2N3O3. The van der Waals surface area contributed by atoms with Gasteiger partial charge >= 0.3 is 5.97 Å². The summed E-state index contributed by atoms with van der Waals surface area (Å²) in [7, 11) is 0. The highest BCUT2D eigenvalue weighted by Gasteiger charge is 2.13. The number of amides is 1. The molecule has 3 aromatic rings. The predicted octanol–water partition coefficient (Wildman–Crippen LogP) is 4.53. The Morgan fingerprint density at radius 1 is 1.00 bits per heavy atom. The monoisotopic (exact) mass is 397 g/mol. The lowest BCUT2D eigenvalue weighted by Gasteiger charge is -2.11. The molecular weight excluding hydrogens is 380 g/mol. The summed E-state index contributed by atoms with van der Waals surface area (Å²) in [6.07, 6.45) is 1.42. The minimum Gasteiger partial charge on any atom is -0.462 e. The number of halogens is 2. The molecule has 0 aliphatic heterocycles. The van der Waals surface area contributed by atoms with E-state index in [1.807, 2.05) is 0 Å². The summed E-state index contributed by atoms with van der Waals surface area (Å²) >= 11 is 0. The van der Waals surface area contributed by atoms with Gasteiger partial charge in [0.25, 0.3) is 5.91 Å². The topological polar surface area (TPSA) is 80.3 Å². The number of nitrogens with zero attached hydrogens (tertiary/aromatic N) is 1. The summed E-state index contributed by atoms with van der Waals surface area (Å²) in [5.74, 6) is -3.09. The van der Waals surface area contributed by atoms with E-state index >= 15 is 0 Å². The number of nitrogens with one attached hydrogen (secondary N) is 2. The van der Waals surface area contributed by atoms with Gasteiger partial charge in [-0.05, 0) is 43.3 Å². The molecule has 0 saturated heterocycles. The fourth-order valence-electron chi connectivity index (χ4n) is 2.51. The highest BCUT2D eigenvalue weighted by Crippen LogP contribution is 2.21. The third-order valence-electron chi connectivity index (χ3n) is 3.88. The molecule has 0 bridgehead atoms. The third-order valence-corrected chi connectivity index (χ3v) is 3.88. The average Bonchev–Trinajstić information content (AvgIpc) is 2.72. The van der Waals surface area contributed by atoms with Gasteiger partial charge in [0, 0.05) is 11.8 Å². The predicted molar refractivity (Wildman–Crippen MR) is 104 cm³/mol. The van der Waals surface area contributed by atoms with E-state index in [4.69, 9.17) is 4.74 Å². The van der Waals surface area contributed by atoms with Crippen LogP contribution in [0.1, 0.15) is 27.8 Å². The molecule has 1 heterocycles. The van der Waals surface area contributed by atoms with Gasteiger partial charge in [-0.25, -0.2) is 18.6 Å². The number of aromatic nitrogens is 1. The van der Waals surface area contributed by atoms with Crippen LogP contribution in [0.5, 0.6) is 0 Å². The summed E-state index contributed by atoms with van der Waals surface area (Å²) in [5, 5.41) is 5.50. The average molecular weight is 397 g/mol. The van der Waals surface area contributed by atoms with Crippen molar-refractivity contribution in [3.05, 3.63) is 83.7 Å². The maximum atomic E-state index is 13.2. The summed E-state index contributed by atoms with van der Waals surface area (Å²) in [5.41, 5.74) is 1.65. The fraction of sp³-hybridized carbons (Fsp3) is 0.0952. The molecule has 3 rings (SSSR count). The molecule has 29 heavy (non-hydrogen) atoms. The number of carbonyl (C=O) groups excluding carboxylic acids is 2. The van der Waals surface area contributed by atoms with Crippen LogP contribution in [-0.2, 0) is 4.74 Å². The maximum absolute atomic E-state index is 13.2. The van der Waals surface area contributed by atoms with Gasteiger partial charge in [-0.15, -0.1) is 0 Å². The molecule has 2 aromatic carbocycles. The van der Waals surface area contributed by atoms with Crippen LogP contribution >= 0.6 is 0 Å². The molecule has 0 radical (unpaired) electrons. The number of esters is 1. The Hall–Kier alpha value is -3.81. The van der Waals surface area contributed by atoms with Crippen molar-refractivity contribution in [3.63, 3.8) is 0 Å². The molecule has 0 unspecified atom stereocenters. The van der Waals surface area contributed by atoms with Gasteiger partial charge in [0.15, 0.2) is 11.6 Å². The van der Waals surface area contributed by atoms with E-state index in [9.17, 15) is 18.4 Å². The van der Waals surface area contributed by atoms with E-state index in [1.54, 1.807) is 37.3 Å². The van der Waals surface area contributed by atoms with Gasteiger partial charge in [-0.1, -0.05) is 12.1 Å². The number of pyridine rings is 1. The van der Waals surface area contributed by atoms with Gasteiger partial charge in [-0.2, -0.15) is 0 Å². The molecule has 0 fully saturated rings. The third kappa shape index (κ3) is 4.92. The van der Waals surface area contributed by atoms with Crippen LogP contribution in [0.2, 0.25) is 0 Å². The van der Waals surface area contributed by atoms with Crippen molar-refractivity contribution in [3.8, 4) is 0 Å². The summed E-state index contributed by atoms with van der Waals surface area (Å²) in [6, 6.07) is 13.0. The Bertz CT molecular complexity index is 1040. The Morgan fingerprint density at radius 2 is 1.76 bits per heavy atom. The quantitative estimate of drug-likeness (QED) is 0.598. The molecule has 8 heteroatoms. The van der Waals surface area contributed by atoms with Crippen molar-refractivity contribution in [2.45, 2.75) is 6.92 Å². The molecule has 0 aliphatic carbocycles. The van der Waals surface area contributed by atoms with Crippen LogP contribution in [0.25, 0.3) is 0 Å². The van der Waals surface area contributed by atoms with Gasteiger partial charge < -0.3 is 15.4 Å². The second-order valence-electron chi connectivity index (χ2n) is 5.91. The zero-order valence-corrected chi connectivity index (χ0v) is 15.4. The zero-order valence-electron chi connectivity index (χ0n) is 15.4. The molecule has 148 valence electrons. The molecule has 0 spiro atoms. The number of para-hydroxylation sites is 1. The van der Waals surface area contributed by atoms with E-state index in [0.717, 1.165) is 12.1 Å². The van der Waals surface area contributed by atoms with Crippen LogP contribution < -0.4 is 10.6 Å². The van der Waals surface area contributed by atoms with E-state index in [2.05, 4.69) is 15.6 Å². The first-order valence-corrected chi connectivity index (χ1v) is 8.73. The molecule has 1 amide bonds. The number of rotatable bonds is 6. The lowest BCUT2D eigenvalue weighted by Crippen LogP contribution is -2.14. The number of ether oxygens (including phenoxy) is 1. The van der Waals surface area contributed by atoms with Gasteiger partial charge in [0.05, 0.1) is 29.7 Å². The lowest BCUT2D eigenvalue weighted by atomic mass is 10.1. The second kappa shape index (κ2) is 8.92. The first kappa shape index (κ1) is 19.9. The number of carbonyl (C=O) groups is 2. The van der Waals surface area contributed by atoms with Crippen molar-refractivity contribution >= 4 is 28.9 Å². The number of hydrogen-bond donors (Lipinski definition) is 2. The highest BCUT2D eigenvalue weighted by atomic mass is 19.2. The molecule has 1 aromatic heterocycles. The first-order chi connectivity index (χ1) is 14.0. The second-order valence-corrected chi connectivity index (χ2v) is 5.91. The molecule has 0 atom stereocenters. The number of benzene rings is 2. The van der Waals surface area contributed by atoms with Crippen LogP contribution in [0, 0.1) is 11.6 Å². The van der Waals surface area contributed by atoms with Gasteiger partial charge in [0.2, 0.25) is 0 Å². The Kier molecular flexibility index (Phi) is 6.13. The van der Waals surface area contributed by atoms with Crippen molar-refractivity contribution in [1.82, 2.24) is 4.98 Å². The Morgan fingerprint density at radius 3 is 2.45 bits per heavy atom. The normalized spacial score (nSPS) is 10.3. The molecule has 6 nitrogen and oxygen atoms in total. The van der Waals surface area contributed by atoms with Gasteiger partial charge in [0.1, 0.15) is 5.69 Å². The van der Waals surface area contributed by atoms with E-state index < -0.39 is 23.5 Å². The van der Waals surface area contributed by atoms with E-state index in [1.165, 1.54) is 18.3 Å².